The Bertz CT molecular complexity index is 2550. The van der Waals surface area contributed by atoms with Crippen molar-refractivity contribution >= 4 is 43.4 Å². The van der Waals surface area contributed by atoms with Crippen molar-refractivity contribution in [1.82, 2.24) is 4.57 Å². The molecule has 0 atom stereocenters. The van der Waals surface area contributed by atoms with Gasteiger partial charge in [0.05, 0.1) is 11.0 Å². The molecule has 1 heterocycles. The van der Waals surface area contributed by atoms with E-state index >= 15 is 0 Å². The van der Waals surface area contributed by atoms with E-state index in [9.17, 15) is 0 Å². The number of rotatable bonds is 4. The molecule has 1 nitrogen and oxygen atoms in total. The third kappa shape index (κ3) is 4.85. The van der Waals surface area contributed by atoms with Gasteiger partial charge in [-0.15, -0.1) is 0 Å². The summed E-state index contributed by atoms with van der Waals surface area (Å²) in [6.07, 6.45) is 0. The molecule has 1 heteroatoms. The van der Waals surface area contributed by atoms with E-state index in [2.05, 4.69) is 195 Å². The average Bonchev–Trinajstić information content (AvgIpc) is 3.48. The van der Waals surface area contributed by atoms with Crippen LogP contribution in [0, 0.1) is 0 Å². The fourth-order valence-electron chi connectivity index (χ4n) is 7.74. The van der Waals surface area contributed by atoms with Crippen LogP contribution in [0.5, 0.6) is 0 Å². The summed E-state index contributed by atoms with van der Waals surface area (Å²) in [6.45, 7) is 6.79. The van der Waals surface area contributed by atoms with Gasteiger partial charge in [-0.3, -0.25) is 0 Å². The van der Waals surface area contributed by atoms with Gasteiger partial charge in [0.2, 0.25) is 0 Å². The van der Waals surface area contributed by atoms with E-state index in [0.29, 0.717) is 0 Å². The van der Waals surface area contributed by atoms with Gasteiger partial charge in [0.1, 0.15) is 0 Å². The van der Waals surface area contributed by atoms with E-state index in [1.165, 1.54) is 88.0 Å². The molecular formula is C48H37N. The van der Waals surface area contributed by atoms with E-state index in [0.717, 1.165) is 0 Å². The molecule has 0 aliphatic rings. The molecule has 234 valence electrons. The van der Waals surface area contributed by atoms with Gasteiger partial charge in [0, 0.05) is 16.5 Å². The smallest absolute Gasteiger partial charge is 0.0541 e. The Kier molecular flexibility index (Phi) is 6.78. The first-order valence-corrected chi connectivity index (χ1v) is 17.2. The largest absolute Gasteiger partial charge is 0.309 e. The molecule has 0 amide bonds. The lowest BCUT2D eigenvalue weighted by atomic mass is 9.85. The monoisotopic (exact) mass is 627 g/mol. The Balaban J connectivity index is 1.22. The van der Waals surface area contributed by atoms with Gasteiger partial charge < -0.3 is 4.57 Å². The molecule has 0 saturated heterocycles. The quantitative estimate of drug-likeness (QED) is 0.171. The zero-order chi connectivity index (χ0) is 33.1. The van der Waals surface area contributed by atoms with Crippen molar-refractivity contribution < 1.29 is 0 Å². The van der Waals surface area contributed by atoms with Crippen LogP contribution < -0.4 is 0 Å². The first-order valence-electron chi connectivity index (χ1n) is 17.2. The third-order valence-corrected chi connectivity index (χ3v) is 10.2. The number of benzene rings is 8. The van der Waals surface area contributed by atoms with E-state index in [4.69, 9.17) is 0 Å². The predicted octanol–water partition coefficient (Wildman–Crippen LogP) is 13.4. The van der Waals surface area contributed by atoms with Crippen molar-refractivity contribution in [2.75, 3.05) is 0 Å². The van der Waals surface area contributed by atoms with Crippen LogP contribution in [0.4, 0.5) is 0 Å². The Hall–Kier alpha value is -5.92. The van der Waals surface area contributed by atoms with Crippen molar-refractivity contribution in [3.63, 3.8) is 0 Å². The standard InChI is InChI=1S/C48H37N/c1-48(2,3)36-29-27-33(28-30-36)32-23-25-34(26-24-32)46-40-17-4-6-19-42(40)47(43-20-7-5-18-41(43)46)35-13-12-14-37(31-35)49-44-21-10-8-15-38(44)39-16-9-11-22-45(39)49/h4-31H,1-3H3. The first kappa shape index (κ1) is 29.2. The molecule has 0 spiro atoms. The Labute approximate surface area is 287 Å². The summed E-state index contributed by atoms with van der Waals surface area (Å²) in [4.78, 5) is 0. The Morgan fingerprint density at radius 3 is 1.24 bits per heavy atom. The number of fused-ring (bicyclic) bond motifs is 5. The van der Waals surface area contributed by atoms with Crippen molar-refractivity contribution in [1.29, 1.82) is 0 Å². The van der Waals surface area contributed by atoms with Gasteiger partial charge in [0.15, 0.2) is 0 Å². The van der Waals surface area contributed by atoms with Crippen LogP contribution >= 0.6 is 0 Å². The second-order valence-electron chi connectivity index (χ2n) is 14.2. The van der Waals surface area contributed by atoms with Crippen LogP contribution in [0.2, 0.25) is 0 Å². The first-order chi connectivity index (χ1) is 24.0. The molecule has 49 heavy (non-hydrogen) atoms. The van der Waals surface area contributed by atoms with Crippen LogP contribution in [-0.2, 0) is 5.41 Å². The molecule has 9 aromatic rings. The maximum Gasteiger partial charge on any atom is 0.0541 e. The molecule has 0 aliphatic heterocycles. The van der Waals surface area contributed by atoms with Crippen LogP contribution in [0.15, 0.2) is 170 Å². The SMILES string of the molecule is CC(C)(C)c1ccc(-c2ccc(-c3c4ccccc4c(-c4cccc(-n5c6ccccc6c6ccccc65)c4)c4ccccc34)cc2)cc1. The molecule has 0 saturated carbocycles. The van der Waals surface area contributed by atoms with Gasteiger partial charge in [-0.2, -0.15) is 0 Å². The highest BCUT2D eigenvalue weighted by Crippen LogP contribution is 2.44. The van der Waals surface area contributed by atoms with Crippen LogP contribution in [0.25, 0.3) is 82.4 Å². The molecule has 1 aromatic heterocycles. The van der Waals surface area contributed by atoms with Crippen LogP contribution in [0.3, 0.4) is 0 Å². The normalized spacial score (nSPS) is 12.0. The summed E-state index contributed by atoms with van der Waals surface area (Å²) < 4.78 is 2.41. The fourth-order valence-corrected chi connectivity index (χ4v) is 7.74. The lowest BCUT2D eigenvalue weighted by Crippen LogP contribution is -2.10. The summed E-state index contributed by atoms with van der Waals surface area (Å²) in [6, 6.07) is 62.5. The molecule has 0 radical (unpaired) electrons. The highest BCUT2D eigenvalue weighted by Gasteiger charge is 2.18. The summed E-state index contributed by atoms with van der Waals surface area (Å²) in [5, 5.41) is 7.60. The number of hydrogen-bond donors (Lipinski definition) is 0. The van der Waals surface area contributed by atoms with Gasteiger partial charge in [0.25, 0.3) is 0 Å². The Morgan fingerprint density at radius 2 is 0.755 bits per heavy atom. The summed E-state index contributed by atoms with van der Waals surface area (Å²) in [5.41, 5.74) is 12.6. The number of hydrogen-bond acceptors (Lipinski definition) is 0. The van der Waals surface area contributed by atoms with Crippen molar-refractivity contribution in [2.24, 2.45) is 0 Å². The second-order valence-corrected chi connectivity index (χ2v) is 14.2. The van der Waals surface area contributed by atoms with Crippen LogP contribution in [0.1, 0.15) is 26.3 Å². The van der Waals surface area contributed by atoms with Gasteiger partial charge in [-0.1, -0.05) is 166 Å². The van der Waals surface area contributed by atoms with Gasteiger partial charge in [-0.25, -0.2) is 0 Å². The van der Waals surface area contributed by atoms with Crippen LogP contribution in [-0.4, -0.2) is 4.57 Å². The maximum atomic E-state index is 2.41. The van der Waals surface area contributed by atoms with Crippen molar-refractivity contribution in [3.8, 4) is 39.1 Å². The average molecular weight is 628 g/mol. The number of nitrogens with zero attached hydrogens (tertiary/aromatic N) is 1. The maximum absolute atomic E-state index is 2.41. The van der Waals surface area contributed by atoms with E-state index in [1.807, 2.05) is 0 Å². The topological polar surface area (TPSA) is 4.93 Å². The summed E-state index contributed by atoms with van der Waals surface area (Å²) >= 11 is 0. The van der Waals surface area contributed by atoms with Gasteiger partial charge in [-0.05, 0) is 90.2 Å². The molecule has 9 rings (SSSR count). The zero-order valence-corrected chi connectivity index (χ0v) is 28.1. The Morgan fingerprint density at radius 1 is 0.347 bits per heavy atom. The van der Waals surface area contributed by atoms with Crippen molar-refractivity contribution in [3.05, 3.63) is 175 Å². The lowest BCUT2D eigenvalue weighted by molar-refractivity contribution is 0.590. The summed E-state index contributed by atoms with van der Waals surface area (Å²) in [7, 11) is 0. The van der Waals surface area contributed by atoms with Crippen molar-refractivity contribution in [2.45, 2.75) is 26.2 Å². The molecule has 0 bridgehead atoms. The minimum absolute atomic E-state index is 0.142. The third-order valence-electron chi connectivity index (χ3n) is 10.2. The predicted molar refractivity (Wildman–Crippen MR) is 211 cm³/mol. The van der Waals surface area contributed by atoms with E-state index in [-0.39, 0.29) is 5.41 Å². The van der Waals surface area contributed by atoms with Gasteiger partial charge >= 0.3 is 0 Å². The number of aromatic nitrogens is 1. The molecule has 0 aliphatic carbocycles. The minimum Gasteiger partial charge on any atom is -0.309 e. The van der Waals surface area contributed by atoms with E-state index < -0.39 is 0 Å². The molecule has 0 unspecified atom stereocenters. The highest BCUT2D eigenvalue weighted by molar-refractivity contribution is 6.21. The molecule has 0 N–H and O–H groups in total. The number of para-hydroxylation sites is 2. The summed E-state index contributed by atoms with van der Waals surface area (Å²) in [5.74, 6) is 0. The zero-order valence-electron chi connectivity index (χ0n) is 28.1. The lowest BCUT2D eigenvalue weighted by Gasteiger charge is -2.19. The van der Waals surface area contributed by atoms with E-state index in [1.54, 1.807) is 0 Å². The minimum atomic E-state index is 0.142. The molecule has 0 fully saturated rings. The molecule has 8 aromatic carbocycles. The fraction of sp³-hybridized carbons (Fsp3) is 0.0833. The second kappa shape index (κ2) is 11.4. The highest BCUT2D eigenvalue weighted by atomic mass is 15.0. The molecular weight excluding hydrogens is 591 g/mol.